The van der Waals surface area contributed by atoms with Crippen molar-refractivity contribution >= 4 is 5.97 Å². The Morgan fingerprint density at radius 2 is 1.81 bits per heavy atom. The van der Waals surface area contributed by atoms with Gasteiger partial charge in [-0.3, -0.25) is 4.79 Å². The van der Waals surface area contributed by atoms with Gasteiger partial charge >= 0.3 is 5.97 Å². The quantitative estimate of drug-likeness (QED) is 0.754. The molecule has 2 N–H and O–H groups in total. The minimum Gasteiger partial charge on any atom is -0.460 e. The van der Waals surface area contributed by atoms with E-state index >= 15 is 0 Å². The van der Waals surface area contributed by atoms with Crippen molar-refractivity contribution in [2.45, 2.75) is 70.9 Å². The smallest absolute Gasteiger partial charge is 0.306 e. The molecule has 0 spiro atoms. The van der Waals surface area contributed by atoms with Gasteiger partial charge in [-0.25, -0.2) is 0 Å². The minimum atomic E-state index is -0.355. The van der Waals surface area contributed by atoms with Crippen molar-refractivity contribution in [2.75, 3.05) is 0 Å². The van der Waals surface area contributed by atoms with Crippen LogP contribution in [-0.4, -0.2) is 17.6 Å². The first kappa shape index (κ1) is 13.5. The van der Waals surface area contributed by atoms with Crippen molar-refractivity contribution < 1.29 is 9.53 Å². The highest BCUT2D eigenvalue weighted by Crippen LogP contribution is 2.27. The predicted molar refractivity (Wildman–Crippen MR) is 65.0 cm³/mol. The van der Waals surface area contributed by atoms with Crippen LogP contribution in [0.1, 0.15) is 59.3 Å². The number of esters is 1. The molecule has 94 valence electrons. The van der Waals surface area contributed by atoms with Crippen LogP contribution in [0.2, 0.25) is 0 Å². The lowest BCUT2D eigenvalue weighted by atomic mass is 9.84. The van der Waals surface area contributed by atoms with Crippen molar-refractivity contribution in [1.29, 1.82) is 0 Å². The van der Waals surface area contributed by atoms with E-state index < -0.39 is 0 Å². The molecule has 0 bridgehead atoms. The van der Waals surface area contributed by atoms with Gasteiger partial charge in [0.25, 0.3) is 0 Å². The predicted octanol–water partition coefficient (Wildman–Crippen LogP) is 2.63. The van der Waals surface area contributed by atoms with Crippen LogP contribution in [0.15, 0.2) is 0 Å². The molecular formula is C13H25NO2. The minimum absolute atomic E-state index is 0.0672. The zero-order valence-electron chi connectivity index (χ0n) is 10.8. The standard InChI is InChI=1S/C13H25NO2/c1-13(2,3)16-12(15)9-6-10-4-7-11(14)8-5-10/h10-11H,4-9,14H2,1-3H3. The van der Waals surface area contributed by atoms with E-state index in [-0.39, 0.29) is 11.6 Å². The second kappa shape index (κ2) is 5.67. The van der Waals surface area contributed by atoms with Gasteiger partial charge in [-0.2, -0.15) is 0 Å². The zero-order valence-corrected chi connectivity index (χ0v) is 10.8. The van der Waals surface area contributed by atoms with Crippen LogP contribution >= 0.6 is 0 Å². The number of nitrogens with two attached hydrogens (primary N) is 1. The molecule has 0 aromatic rings. The maximum absolute atomic E-state index is 11.5. The topological polar surface area (TPSA) is 52.3 Å². The SMILES string of the molecule is CC(C)(C)OC(=O)CCC1CCC(N)CC1. The van der Waals surface area contributed by atoms with Gasteiger partial charge in [0.2, 0.25) is 0 Å². The molecule has 0 unspecified atom stereocenters. The lowest BCUT2D eigenvalue weighted by Crippen LogP contribution is -2.27. The van der Waals surface area contributed by atoms with E-state index in [0.29, 0.717) is 18.4 Å². The Hall–Kier alpha value is -0.570. The fraction of sp³-hybridized carbons (Fsp3) is 0.923. The van der Waals surface area contributed by atoms with Crippen molar-refractivity contribution in [2.24, 2.45) is 11.7 Å². The Bertz CT molecular complexity index is 225. The summed E-state index contributed by atoms with van der Waals surface area (Å²) in [4.78, 5) is 11.5. The number of carbonyl (C=O) groups is 1. The number of hydrogen-bond donors (Lipinski definition) is 1. The molecule has 1 aliphatic carbocycles. The van der Waals surface area contributed by atoms with E-state index in [9.17, 15) is 4.79 Å². The number of ether oxygens (including phenoxy) is 1. The molecule has 0 atom stereocenters. The summed E-state index contributed by atoms with van der Waals surface area (Å²) in [6, 6.07) is 0.387. The van der Waals surface area contributed by atoms with Crippen LogP contribution in [0, 0.1) is 5.92 Å². The Balaban J connectivity index is 2.17. The van der Waals surface area contributed by atoms with E-state index in [2.05, 4.69) is 0 Å². The van der Waals surface area contributed by atoms with Crippen molar-refractivity contribution in [1.82, 2.24) is 0 Å². The summed E-state index contributed by atoms with van der Waals surface area (Å²) in [7, 11) is 0. The van der Waals surface area contributed by atoms with E-state index in [4.69, 9.17) is 10.5 Å². The van der Waals surface area contributed by atoms with Gasteiger partial charge in [0.15, 0.2) is 0 Å². The van der Waals surface area contributed by atoms with E-state index in [1.165, 1.54) is 12.8 Å². The second-order valence-electron chi connectivity index (χ2n) is 5.91. The second-order valence-corrected chi connectivity index (χ2v) is 5.91. The van der Waals surface area contributed by atoms with Gasteiger partial charge in [0, 0.05) is 12.5 Å². The number of rotatable bonds is 3. The third-order valence-electron chi connectivity index (χ3n) is 3.07. The van der Waals surface area contributed by atoms with Crippen LogP contribution in [0.25, 0.3) is 0 Å². The third kappa shape index (κ3) is 5.50. The molecule has 1 fully saturated rings. The highest BCUT2D eigenvalue weighted by molar-refractivity contribution is 5.69. The summed E-state index contributed by atoms with van der Waals surface area (Å²) < 4.78 is 5.29. The van der Waals surface area contributed by atoms with Crippen LogP contribution < -0.4 is 5.73 Å². The number of hydrogen-bond acceptors (Lipinski definition) is 3. The van der Waals surface area contributed by atoms with Crippen LogP contribution in [0.3, 0.4) is 0 Å². The molecule has 16 heavy (non-hydrogen) atoms. The summed E-state index contributed by atoms with van der Waals surface area (Å²) in [5.74, 6) is 0.606. The van der Waals surface area contributed by atoms with Gasteiger partial charge in [0.1, 0.15) is 5.60 Å². The lowest BCUT2D eigenvalue weighted by molar-refractivity contribution is -0.155. The molecular weight excluding hydrogens is 202 g/mol. The summed E-state index contributed by atoms with van der Waals surface area (Å²) in [5.41, 5.74) is 5.49. The highest BCUT2D eigenvalue weighted by Gasteiger charge is 2.21. The molecule has 0 aromatic heterocycles. The molecule has 0 aromatic carbocycles. The Labute approximate surface area is 98.7 Å². The molecule has 3 nitrogen and oxygen atoms in total. The molecule has 1 aliphatic rings. The molecule has 0 amide bonds. The van der Waals surface area contributed by atoms with Crippen molar-refractivity contribution in [3.05, 3.63) is 0 Å². The monoisotopic (exact) mass is 227 g/mol. The maximum Gasteiger partial charge on any atom is 0.306 e. The average Bonchev–Trinajstić information content (AvgIpc) is 2.14. The summed E-state index contributed by atoms with van der Waals surface area (Å²) >= 11 is 0. The summed E-state index contributed by atoms with van der Waals surface area (Å²) in [6.45, 7) is 5.72. The zero-order chi connectivity index (χ0) is 12.2. The van der Waals surface area contributed by atoms with Gasteiger partial charge in [0.05, 0.1) is 0 Å². The molecule has 0 aliphatic heterocycles. The van der Waals surface area contributed by atoms with Crippen LogP contribution in [0.4, 0.5) is 0 Å². The summed E-state index contributed by atoms with van der Waals surface area (Å²) in [6.07, 6.45) is 6.07. The Morgan fingerprint density at radius 1 is 1.25 bits per heavy atom. The number of carbonyl (C=O) groups excluding carboxylic acids is 1. The first-order chi connectivity index (χ1) is 7.37. The lowest BCUT2D eigenvalue weighted by Gasteiger charge is -2.26. The molecule has 1 rings (SSSR count). The van der Waals surface area contributed by atoms with Gasteiger partial charge in [-0.05, 0) is 58.8 Å². The average molecular weight is 227 g/mol. The molecule has 1 saturated carbocycles. The van der Waals surface area contributed by atoms with Gasteiger partial charge < -0.3 is 10.5 Å². The van der Waals surface area contributed by atoms with Crippen molar-refractivity contribution in [3.8, 4) is 0 Å². The van der Waals surface area contributed by atoms with Gasteiger partial charge in [-0.15, -0.1) is 0 Å². The van der Waals surface area contributed by atoms with Gasteiger partial charge in [-0.1, -0.05) is 0 Å². The highest BCUT2D eigenvalue weighted by atomic mass is 16.6. The molecule has 0 saturated heterocycles. The summed E-state index contributed by atoms with van der Waals surface area (Å²) in [5, 5.41) is 0. The van der Waals surface area contributed by atoms with E-state index in [1.807, 2.05) is 20.8 Å². The third-order valence-corrected chi connectivity index (χ3v) is 3.07. The molecule has 0 radical (unpaired) electrons. The van der Waals surface area contributed by atoms with Crippen LogP contribution in [0.5, 0.6) is 0 Å². The van der Waals surface area contributed by atoms with Crippen molar-refractivity contribution in [3.63, 3.8) is 0 Å². The first-order valence-corrected chi connectivity index (χ1v) is 6.34. The normalized spacial score (nSPS) is 26.5. The van der Waals surface area contributed by atoms with Crippen LogP contribution in [-0.2, 0) is 9.53 Å². The fourth-order valence-electron chi connectivity index (χ4n) is 2.19. The van der Waals surface area contributed by atoms with E-state index in [0.717, 1.165) is 19.3 Å². The largest absolute Gasteiger partial charge is 0.460 e. The Morgan fingerprint density at radius 3 is 2.31 bits per heavy atom. The fourth-order valence-corrected chi connectivity index (χ4v) is 2.19. The molecule has 0 heterocycles. The maximum atomic E-state index is 11.5. The molecule has 3 heteroatoms. The first-order valence-electron chi connectivity index (χ1n) is 6.34. The Kier molecular flexibility index (Phi) is 4.78. The van der Waals surface area contributed by atoms with E-state index in [1.54, 1.807) is 0 Å².